The second kappa shape index (κ2) is 9.76. The molecule has 0 amide bonds. The van der Waals surface area contributed by atoms with Crippen LogP contribution in [0, 0.1) is 6.92 Å². The summed E-state index contributed by atoms with van der Waals surface area (Å²) in [6, 6.07) is 27.2. The van der Waals surface area contributed by atoms with Crippen molar-refractivity contribution in [1.82, 2.24) is 19.9 Å². The van der Waals surface area contributed by atoms with Crippen molar-refractivity contribution in [3.63, 3.8) is 0 Å². The van der Waals surface area contributed by atoms with Crippen LogP contribution in [0.3, 0.4) is 0 Å². The number of hydrogen-bond donors (Lipinski definition) is 3. The lowest BCUT2D eigenvalue weighted by Crippen LogP contribution is -2.17. The van der Waals surface area contributed by atoms with Crippen LogP contribution in [0.25, 0.3) is 33.3 Å². The van der Waals surface area contributed by atoms with Crippen molar-refractivity contribution in [2.75, 3.05) is 28.6 Å². The normalized spacial score (nSPS) is 13.3. The van der Waals surface area contributed by atoms with Gasteiger partial charge in [0.15, 0.2) is 0 Å². The van der Waals surface area contributed by atoms with Crippen LogP contribution in [0.1, 0.15) is 18.5 Å². The summed E-state index contributed by atoms with van der Waals surface area (Å²) < 4.78 is 0. The number of nitrogens with one attached hydrogen (secondary N) is 3. The number of anilines is 5. The van der Waals surface area contributed by atoms with E-state index in [0.29, 0.717) is 0 Å². The van der Waals surface area contributed by atoms with Crippen LogP contribution in [0.2, 0.25) is 0 Å². The van der Waals surface area contributed by atoms with Gasteiger partial charge in [0.25, 0.3) is 0 Å². The quantitative estimate of drug-likeness (QED) is 0.214. The van der Waals surface area contributed by atoms with E-state index < -0.39 is 0 Å². The van der Waals surface area contributed by atoms with Crippen molar-refractivity contribution in [2.24, 2.45) is 0 Å². The van der Waals surface area contributed by atoms with Crippen LogP contribution in [0.4, 0.5) is 28.4 Å². The van der Waals surface area contributed by atoms with E-state index in [1.54, 1.807) is 0 Å². The molecule has 1 saturated heterocycles. The molecule has 3 N–H and O–H groups in total. The predicted molar refractivity (Wildman–Crippen MR) is 160 cm³/mol. The SMILES string of the molecule is Cc1cc(Nc2ccc3[nH]c(-c4ccc(Nc5ccnc6ccc(N7CCCC7)cc56)cc4)nc3c2)ccn1. The molecule has 0 unspecified atom stereocenters. The van der Waals surface area contributed by atoms with Gasteiger partial charge in [0.1, 0.15) is 5.82 Å². The zero-order chi connectivity index (χ0) is 26.2. The van der Waals surface area contributed by atoms with Gasteiger partial charge in [0.05, 0.1) is 16.6 Å². The summed E-state index contributed by atoms with van der Waals surface area (Å²) in [7, 11) is 0. The monoisotopic (exact) mass is 511 g/mol. The number of fused-ring (bicyclic) bond motifs is 2. The minimum absolute atomic E-state index is 0.845. The predicted octanol–water partition coefficient (Wildman–Crippen LogP) is 7.57. The Kier molecular flexibility index (Phi) is 5.81. The van der Waals surface area contributed by atoms with Gasteiger partial charge < -0.3 is 20.5 Å². The Hall–Kier alpha value is -4.91. The van der Waals surface area contributed by atoms with Gasteiger partial charge in [0, 0.05) is 70.6 Å². The maximum Gasteiger partial charge on any atom is 0.138 e. The number of nitrogens with zero attached hydrogens (tertiary/aromatic N) is 4. The van der Waals surface area contributed by atoms with E-state index in [4.69, 9.17) is 4.98 Å². The smallest absolute Gasteiger partial charge is 0.138 e. The molecule has 0 aliphatic carbocycles. The summed E-state index contributed by atoms with van der Waals surface area (Å²) in [6.45, 7) is 4.24. The van der Waals surface area contributed by atoms with E-state index >= 15 is 0 Å². The summed E-state index contributed by atoms with van der Waals surface area (Å²) in [5, 5.41) is 8.18. The highest BCUT2D eigenvalue weighted by atomic mass is 15.1. The van der Waals surface area contributed by atoms with Gasteiger partial charge in [0.2, 0.25) is 0 Å². The third kappa shape index (κ3) is 4.75. The summed E-state index contributed by atoms with van der Waals surface area (Å²) in [4.78, 5) is 19.6. The molecule has 0 bridgehead atoms. The number of aryl methyl sites for hydroxylation is 1. The second-order valence-corrected chi connectivity index (χ2v) is 10.1. The van der Waals surface area contributed by atoms with Crippen LogP contribution in [-0.2, 0) is 0 Å². The summed E-state index contributed by atoms with van der Waals surface area (Å²) in [5.74, 6) is 0.845. The van der Waals surface area contributed by atoms with Crippen molar-refractivity contribution in [3.8, 4) is 11.4 Å². The van der Waals surface area contributed by atoms with Gasteiger partial charge in [-0.3, -0.25) is 9.97 Å². The van der Waals surface area contributed by atoms with E-state index in [1.807, 2.05) is 37.5 Å². The highest BCUT2D eigenvalue weighted by Crippen LogP contribution is 2.31. The Morgan fingerprint density at radius 1 is 0.718 bits per heavy atom. The molecule has 0 saturated carbocycles. The van der Waals surface area contributed by atoms with Gasteiger partial charge >= 0.3 is 0 Å². The molecule has 3 aromatic carbocycles. The first kappa shape index (κ1) is 23.2. The van der Waals surface area contributed by atoms with E-state index in [1.165, 1.54) is 18.5 Å². The first-order valence-corrected chi connectivity index (χ1v) is 13.4. The molecular formula is C32H29N7. The number of pyridine rings is 2. The molecule has 39 heavy (non-hydrogen) atoms. The van der Waals surface area contributed by atoms with Gasteiger partial charge in [-0.1, -0.05) is 0 Å². The Morgan fingerprint density at radius 2 is 1.51 bits per heavy atom. The molecule has 4 heterocycles. The van der Waals surface area contributed by atoms with Gasteiger partial charge in [-0.2, -0.15) is 0 Å². The minimum Gasteiger partial charge on any atom is -0.372 e. The van der Waals surface area contributed by atoms with Crippen LogP contribution in [0.5, 0.6) is 0 Å². The van der Waals surface area contributed by atoms with Crippen molar-refractivity contribution in [2.45, 2.75) is 19.8 Å². The van der Waals surface area contributed by atoms with Crippen molar-refractivity contribution < 1.29 is 0 Å². The topological polar surface area (TPSA) is 81.8 Å². The highest BCUT2D eigenvalue weighted by Gasteiger charge is 2.14. The molecule has 7 heteroatoms. The lowest BCUT2D eigenvalue weighted by Gasteiger charge is -2.19. The van der Waals surface area contributed by atoms with Crippen LogP contribution < -0.4 is 15.5 Å². The third-order valence-electron chi connectivity index (χ3n) is 7.30. The fraction of sp³-hybridized carbons (Fsp3) is 0.156. The van der Waals surface area contributed by atoms with E-state index in [9.17, 15) is 0 Å². The Labute approximate surface area is 227 Å². The van der Waals surface area contributed by atoms with E-state index in [-0.39, 0.29) is 0 Å². The van der Waals surface area contributed by atoms with E-state index in [2.05, 4.69) is 91.1 Å². The number of aromatic nitrogens is 4. The average molecular weight is 512 g/mol. The summed E-state index contributed by atoms with van der Waals surface area (Å²) in [6.07, 6.45) is 6.20. The minimum atomic E-state index is 0.845. The van der Waals surface area contributed by atoms with Gasteiger partial charge in [-0.05, 0) is 98.6 Å². The Morgan fingerprint density at radius 3 is 2.36 bits per heavy atom. The van der Waals surface area contributed by atoms with Crippen molar-refractivity contribution in [3.05, 3.63) is 97.0 Å². The molecule has 0 radical (unpaired) electrons. The number of benzene rings is 3. The third-order valence-corrected chi connectivity index (χ3v) is 7.30. The first-order chi connectivity index (χ1) is 19.2. The molecule has 7 nitrogen and oxygen atoms in total. The zero-order valence-corrected chi connectivity index (χ0v) is 21.8. The maximum absolute atomic E-state index is 4.86. The number of rotatable bonds is 6. The van der Waals surface area contributed by atoms with E-state index in [0.717, 1.165) is 74.9 Å². The second-order valence-electron chi connectivity index (χ2n) is 10.1. The molecule has 0 spiro atoms. The average Bonchev–Trinajstić information content (AvgIpc) is 3.64. The molecular weight excluding hydrogens is 482 g/mol. The number of aromatic amines is 1. The molecule has 3 aromatic heterocycles. The number of H-pyrrole nitrogens is 1. The largest absolute Gasteiger partial charge is 0.372 e. The molecule has 1 aliphatic heterocycles. The number of imidazole rings is 1. The van der Waals surface area contributed by atoms with Crippen molar-refractivity contribution in [1.29, 1.82) is 0 Å². The molecule has 6 aromatic rings. The number of hydrogen-bond acceptors (Lipinski definition) is 6. The van der Waals surface area contributed by atoms with Crippen molar-refractivity contribution >= 4 is 50.4 Å². The zero-order valence-electron chi connectivity index (χ0n) is 21.8. The van der Waals surface area contributed by atoms with Gasteiger partial charge in [-0.15, -0.1) is 0 Å². The van der Waals surface area contributed by atoms with Crippen LogP contribution >= 0.6 is 0 Å². The Balaban J connectivity index is 1.12. The molecule has 7 rings (SSSR count). The highest BCUT2D eigenvalue weighted by molar-refractivity contribution is 5.95. The lowest BCUT2D eigenvalue weighted by molar-refractivity contribution is 0.949. The molecule has 1 aliphatic rings. The standard InChI is InChI=1S/C32H29N7/c1-21-18-25(12-14-33-21)35-24-8-10-30-31(19-24)38-32(37-30)22-4-6-23(7-5-22)36-29-13-15-34-28-11-9-26(20-27(28)29)39-16-2-3-17-39/h4-15,18-20H,2-3,16-17H2,1H3,(H,33,35)(H,34,36)(H,37,38). The first-order valence-electron chi connectivity index (χ1n) is 13.4. The molecule has 1 fully saturated rings. The summed E-state index contributed by atoms with van der Waals surface area (Å²) in [5.41, 5.74) is 10.3. The Bertz CT molecular complexity index is 1780. The lowest BCUT2D eigenvalue weighted by atomic mass is 10.1. The van der Waals surface area contributed by atoms with Crippen LogP contribution in [0.15, 0.2) is 91.3 Å². The fourth-order valence-electron chi connectivity index (χ4n) is 5.29. The molecule has 192 valence electrons. The molecule has 0 atom stereocenters. The van der Waals surface area contributed by atoms with Gasteiger partial charge in [-0.25, -0.2) is 4.98 Å². The van der Waals surface area contributed by atoms with Crippen LogP contribution in [-0.4, -0.2) is 33.0 Å². The fourth-order valence-corrected chi connectivity index (χ4v) is 5.29. The maximum atomic E-state index is 4.86. The summed E-state index contributed by atoms with van der Waals surface area (Å²) >= 11 is 0.